The number of carboxylic acid groups (broad SMARTS) is 1. The molecule has 288 valence electrons. The zero-order valence-corrected chi connectivity index (χ0v) is 29.3. The van der Waals surface area contributed by atoms with E-state index in [0.717, 1.165) is 38.5 Å². The molecule has 2 aromatic heterocycles. The SMILES string of the molecule is CCOC(=O)c1cn2c3c(c(F)c(F)c(F)c3c1=O)Oc1cc3ccccc3cc1-2.O=C(O)c1cn2c3c(c(F)c(F)c(F)c3c1=O)Oc1cc3ccccc3cc1-2. The van der Waals surface area contributed by atoms with Gasteiger partial charge in [0.2, 0.25) is 22.5 Å². The van der Waals surface area contributed by atoms with Crippen molar-refractivity contribution in [3.63, 3.8) is 0 Å². The number of halogens is 6. The second-order valence-electron chi connectivity index (χ2n) is 13.0. The average Bonchev–Trinajstić information content (AvgIpc) is 3.21. The molecule has 6 aromatic carbocycles. The molecule has 0 unspecified atom stereocenters. The molecule has 0 amide bonds. The van der Waals surface area contributed by atoms with Gasteiger partial charge in [-0.05, 0) is 52.7 Å². The molecule has 0 saturated heterocycles. The molecule has 2 aliphatic rings. The number of benzene rings is 6. The van der Waals surface area contributed by atoms with Gasteiger partial charge < -0.3 is 28.5 Å². The summed E-state index contributed by atoms with van der Waals surface area (Å²) in [5.41, 5.74) is -3.70. The van der Waals surface area contributed by atoms with Crippen LogP contribution in [-0.2, 0) is 4.74 Å². The highest BCUT2D eigenvalue weighted by Crippen LogP contribution is 2.46. The number of pyridine rings is 2. The molecule has 8 aromatic rings. The van der Waals surface area contributed by atoms with Crippen molar-refractivity contribution in [2.75, 3.05) is 6.61 Å². The van der Waals surface area contributed by atoms with E-state index in [1.807, 2.05) is 12.1 Å². The molecule has 0 bridgehead atoms. The number of rotatable bonds is 3. The molecule has 4 heterocycles. The lowest BCUT2D eigenvalue weighted by atomic mass is 10.0. The summed E-state index contributed by atoms with van der Waals surface area (Å²) in [6.45, 7) is 1.52. The smallest absolute Gasteiger partial charge is 0.343 e. The first-order valence-electron chi connectivity index (χ1n) is 17.1. The third-order valence-corrected chi connectivity index (χ3v) is 9.78. The first-order chi connectivity index (χ1) is 27.8. The number of hydrogen-bond donors (Lipinski definition) is 1. The number of esters is 1. The Morgan fingerprint density at radius 2 is 1.00 bits per heavy atom. The summed E-state index contributed by atoms with van der Waals surface area (Å²) in [6.07, 6.45) is 2.10. The van der Waals surface area contributed by atoms with Crippen LogP contribution in [0.5, 0.6) is 23.0 Å². The number of aromatic carboxylic acids is 1. The fourth-order valence-corrected chi connectivity index (χ4v) is 7.15. The predicted octanol–water partition coefficient (Wildman–Crippen LogP) is 9.21. The zero-order chi connectivity index (χ0) is 40.9. The molecule has 2 aliphatic heterocycles. The average molecular weight is 795 g/mol. The van der Waals surface area contributed by atoms with E-state index < -0.39 is 91.1 Å². The van der Waals surface area contributed by atoms with Gasteiger partial charge in [-0.3, -0.25) is 9.59 Å². The lowest BCUT2D eigenvalue weighted by molar-refractivity contribution is 0.0523. The summed E-state index contributed by atoms with van der Waals surface area (Å²) in [5, 5.41) is 10.7. The summed E-state index contributed by atoms with van der Waals surface area (Å²) in [5.74, 6) is -14.0. The van der Waals surface area contributed by atoms with Crippen molar-refractivity contribution in [2.24, 2.45) is 0 Å². The second-order valence-corrected chi connectivity index (χ2v) is 13.0. The van der Waals surface area contributed by atoms with Crippen molar-refractivity contribution < 1.29 is 55.2 Å². The van der Waals surface area contributed by atoms with E-state index in [9.17, 15) is 50.6 Å². The summed E-state index contributed by atoms with van der Waals surface area (Å²) < 4.78 is 105. The van der Waals surface area contributed by atoms with E-state index in [2.05, 4.69) is 0 Å². The normalized spacial score (nSPS) is 12.1. The Kier molecular flexibility index (Phi) is 8.06. The maximum absolute atomic E-state index is 14.7. The van der Waals surface area contributed by atoms with E-state index in [1.165, 1.54) is 4.57 Å². The van der Waals surface area contributed by atoms with Crippen molar-refractivity contribution in [1.82, 2.24) is 9.13 Å². The van der Waals surface area contributed by atoms with Crippen molar-refractivity contribution >= 4 is 55.3 Å². The number of carboxylic acids is 1. The highest BCUT2D eigenvalue weighted by molar-refractivity contribution is 6.00. The lowest BCUT2D eigenvalue weighted by Crippen LogP contribution is -2.24. The van der Waals surface area contributed by atoms with Gasteiger partial charge in [0, 0.05) is 12.4 Å². The number of aromatic nitrogens is 2. The Labute approximate surface area is 318 Å². The number of nitrogens with zero attached hydrogens (tertiary/aromatic N) is 2. The van der Waals surface area contributed by atoms with Crippen LogP contribution in [-0.4, -0.2) is 32.8 Å². The molecule has 10 nitrogen and oxygen atoms in total. The Balaban J connectivity index is 0.000000151. The minimum Gasteiger partial charge on any atom is -0.477 e. The van der Waals surface area contributed by atoms with Gasteiger partial charge in [-0.15, -0.1) is 0 Å². The molecule has 10 rings (SSSR count). The molecular formula is C42H20F6N2O8. The van der Waals surface area contributed by atoms with Crippen LogP contribution in [0.25, 0.3) is 54.7 Å². The molecule has 0 radical (unpaired) electrons. The summed E-state index contributed by atoms with van der Waals surface area (Å²) >= 11 is 0. The van der Waals surface area contributed by atoms with Gasteiger partial charge >= 0.3 is 11.9 Å². The molecular weight excluding hydrogens is 774 g/mol. The minimum atomic E-state index is -1.90. The molecule has 58 heavy (non-hydrogen) atoms. The minimum absolute atomic E-state index is 0.0217. The number of carbonyl (C=O) groups excluding carboxylic acids is 1. The maximum Gasteiger partial charge on any atom is 0.343 e. The van der Waals surface area contributed by atoms with Crippen LogP contribution in [0.4, 0.5) is 26.3 Å². The standard InChI is InChI=1S/C22H12F3NO4.C20H8F3NO4/c1-2-29-22(28)12-9-26-13-7-10-5-3-4-6-11(10)8-14(13)30-21-18(25)17(24)16(23)15(19(21)26)20(12)27;21-14-13-17-19(16(23)15(14)22)28-12-6-9-4-2-1-3-8(9)5-11(12)24(17)7-10(18(13)25)20(26)27/h3-9H,2H2,1H3;1-7H,(H,26,27). The number of hydrogen-bond acceptors (Lipinski definition) is 7. The van der Waals surface area contributed by atoms with Gasteiger partial charge in [0.15, 0.2) is 46.3 Å². The zero-order valence-electron chi connectivity index (χ0n) is 29.3. The van der Waals surface area contributed by atoms with Crippen LogP contribution in [0.1, 0.15) is 27.6 Å². The second kappa shape index (κ2) is 13.0. The summed E-state index contributed by atoms with van der Waals surface area (Å²) in [7, 11) is 0. The van der Waals surface area contributed by atoms with Crippen LogP contribution < -0.4 is 20.3 Å². The van der Waals surface area contributed by atoms with Crippen molar-refractivity contribution in [2.45, 2.75) is 6.92 Å². The lowest BCUT2D eigenvalue weighted by Gasteiger charge is -2.25. The highest BCUT2D eigenvalue weighted by atomic mass is 19.2. The molecule has 0 spiro atoms. The first kappa shape index (κ1) is 36.0. The Morgan fingerprint density at radius 1 is 0.603 bits per heavy atom. The van der Waals surface area contributed by atoms with E-state index in [4.69, 9.17) is 14.2 Å². The Morgan fingerprint density at radius 3 is 1.41 bits per heavy atom. The van der Waals surface area contributed by atoms with Gasteiger partial charge in [-0.25, -0.2) is 27.2 Å². The van der Waals surface area contributed by atoms with Crippen molar-refractivity contribution in [3.05, 3.63) is 152 Å². The third-order valence-electron chi connectivity index (χ3n) is 9.78. The summed E-state index contributed by atoms with van der Waals surface area (Å²) in [6, 6.07) is 20.9. The monoisotopic (exact) mass is 794 g/mol. The highest BCUT2D eigenvalue weighted by Gasteiger charge is 2.34. The van der Waals surface area contributed by atoms with E-state index >= 15 is 0 Å². The fourth-order valence-electron chi connectivity index (χ4n) is 7.15. The van der Waals surface area contributed by atoms with Crippen LogP contribution in [0.3, 0.4) is 0 Å². The molecule has 0 saturated carbocycles. The van der Waals surface area contributed by atoms with Crippen LogP contribution in [0.2, 0.25) is 0 Å². The number of fused-ring (bicyclic) bond motifs is 6. The van der Waals surface area contributed by atoms with Gasteiger partial charge in [-0.1, -0.05) is 48.5 Å². The van der Waals surface area contributed by atoms with Crippen LogP contribution in [0.15, 0.2) is 94.8 Å². The van der Waals surface area contributed by atoms with Crippen LogP contribution in [0, 0.1) is 34.9 Å². The van der Waals surface area contributed by atoms with Gasteiger partial charge in [0.1, 0.15) is 22.2 Å². The van der Waals surface area contributed by atoms with E-state index in [1.54, 1.807) is 67.6 Å². The largest absolute Gasteiger partial charge is 0.477 e. The van der Waals surface area contributed by atoms with Crippen molar-refractivity contribution in [3.8, 4) is 34.4 Å². The van der Waals surface area contributed by atoms with Gasteiger partial charge in [0.25, 0.3) is 0 Å². The van der Waals surface area contributed by atoms with Crippen LogP contribution >= 0.6 is 0 Å². The molecule has 0 atom stereocenters. The quantitative estimate of drug-likeness (QED) is 0.107. The number of carbonyl (C=O) groups is 2. The molecule has 0 aliphatic carbocycles. The van der Waals surface area contributed by atoms with E-state index in [-0.39, 0.29) is 34.8 Å². The topological polar surface area (TPSA) is 126 Å². The molecule has 0 fully saturated rings. The Bertz CT molecular complexity index is 3330. The van der Waals surface area contributed by atoms with E-state index in [0.29, 0.717) is 5.69 Å². The van der Waals surface area contributed by atoms with Gasteiger partial charge in [0.05, 0.1) is 28.8 Å². The summed E-state index contributed by atoms with van der Waals surface area (Å²) in [4.78, 5) is 49.0. The molecule has 1 N–H and O–H groups in total. The fraction of sp³-hybridized carbons (Fsp3) is 0.0476. The maximum atomic E-state index is 14.7. The molecule has 16 heteroatoms. The van der Waals surface area contributed by atoms with Crippen molar-refractivity contribution in [1.29, 1.82) is 0 Å². The third kappa shape index (κ3) is 5.14. The Hall–Kier alpha value is -7.62. The predicted molar refractivity (Wildman–Crippen MR) is 197 cm³/mol. The number of ether oxygens (including phenoxy) is 3. The van der Waals surface area contributed by atoms with Gasteiger partial charge in [-0.2, -0.15) is 8.78 Å². The first-order valence-corrected chi connectivity index (χ1v) is 17.1.